The van der Waals surface area contributed by atoms with Crippen molar-refractivity contribution in [3.8, 4) is 0 Å². The van der Waals surface area contributed by atoms with Crippen LogP contribution in [-0.4, -0.2) is 41.4 Å². The van der Waals surface area contributed by atoms with Crippen LogP contribution in [0, 0.1) is 6.92 Å². The molecule has 1 aliphatic heterocycles. The van der Waals surface area contributed by atoms with Crippen LogP contribution in [0.4, 0.5) is 0 Å². The van der Waals surface area contributed by atoms with Crippen molar-refractivity contribution in [2.24, 2.45) is 0 Å². The van der Waals surface area contributed by atoms with Crippen LogP contribution in [0.3, 0.4) is 0 Å². The molecule has 104 valence electrons. The first-order valence-electron chi connectivity index (χ1n) is 6.28. The molecule has 6 heteroatoms. The van der Waals surface area contributed by atoms with E-state index in [0.29, 0.717) is 31.7 Å². The van der Waals surface area contributed by atoms with Crippen molar-refractivity contribution < 1.29 is 14.6 Å². The largest absolute Gasteiger partial charge is 0.388 e. The number of carbonyl (C=O) groups excluding carboxylic acids is 1. The second-order valence-electron chi connectivity index (χ2n) is 4.91. The molecule has 1 fully saturated rings. The van der Waals surface area contributed by atoms with Crippen LogP contribution < -0.4 is 10.7 Å². The molecule has 1 aliphatic rings. The molecule has 0 saturated carbocycles. The Hall–Kier alpha value is -1.66. The van der Waals surface area contributed by atoms with E-state index in [-0.39, 0.29) is 17.5 Å². The highest BCUT2D eigenvalue weighted by molar-refractivity contribution is 5.93. The Balaban J connectivity index is 1.99. The van der Waals surface area contributed by atoms with Gasteiger partial charge in [0.25, 0.3) is 5.91 Å². The number of nitrogens with one attached hydrogen (secondary N) is 2. The van der Waals surface area contributed by atoms with E-state index >= 15 is 0 Å². The molecule has 6 nitrogen and oxygen atoms in total. The molecule has 0 bridgehead atoms. The minimum Gasteiger partial charge on any atom is -0.388 e. The lowest BCUT2D eigenvalue weighted by molar-refractivity contribution is -0.0605. The van der Waals surface area contributed by atoms with Gasteiger partial charge >= 0.3 is 0 Å². The van der Waals surface area contributed by atoms with E-state index in [2.05, 4.69) is 10.3 Å². The number of aromatic amines is 1. The monoisotopic (exact) mass is 266 g/mol. The molecule has 0 aromatic carbocycles. The van der Waals surface area contributed by atoms with E-state index in [9.17, 15) is 14.7 Å². The maximum absolute atomic E-state index is 11.9. The van der Waals surface area contributed by atoms with Crippen LogP contribution in [0.1, 0.15) is 28.9 Å². The maximum atomic E-state index is 11.9. The van der Waals surface area contributed by atoms with Crippen LogP contribution in [0.15, 0.2) is 17.1 Å². The van der Waals surface area contributed by atoms with E-state index in [4.69, 9.17) is 4.74 Å². The smallest absolute Gasteiger partial charge is 0.256 e. The first-order chi connectivity index (χ1) is 9.00. The van der Waals surface area contributed by atoms with Crippen LogP contribution >= 0.6 is 0 Å². The average Bonchev–Trinajstić information content (AvgIpc) is 2.37. The van der Waals surface area contributed by atoms with Gasteiger partial charge in [0.05, 0.1) is 5.60 Å². The Morgan fingerprint density at radius 1 is 1.53 bits per heavy atom. The SMILES string of the molecule is Cc1cc(=O)c(C(=O)NCC2(O)CCOCC2)c[nH]1. The molecule has 2 rings (SSSR count). The summed E-state index contributed by atoms with van der Waals surface area (Å²) in [7, 11) is 0. The van der Waals surface area contributed by atoms with Crippen molar-refractivity contribution in [2.45, 2.75) is 25.4 Å². The van der Waals surface area contributed by atoms with Gasteiger partial charge in [-0.1, -0.05) is 0 Å². The predicted octanol–water partition coefficient (Wildman–Crippen LogP) is -0.0454. The summed E-state index contributed by atoms with van der Waals surface area (Å²) in [5.41, 5.74) is -0.510. The summed E-state index contributed by atoms with van der Waals surface area (Å²) < 4.78 is 5.16. The third kappa shape index (κ3) is 3.42. The van der Waals surface area contributed by atoms with Gasteiger partial charge in [-0.3, -0.25) is 9.59 Å². The zero-order chi connectivity index (χ0) is 13.9. The number of rotatable bonds is 3. The quantitative estimate of drug-likeness (QED) is 0.715. The fraction of sp³-hybridized carbons (Fsp3) is 0.538. The fourth-order valence-corrected chi connectivity index (χ4v) is 2.02. The molecule has 1 aromatic rings. The molecule has 2 heterocycles. The van der Waals surface area contributed by atoms with Gasteiger partial charge in [-0.15, -0.1) is 0 Å². The summed E-state index contributed by atoms with van der Waals surface area (Å²) in [6.45, 7) is 2.84. The third-order valence-corrected chi connectivity index (χ3v) is 3.30. The number of aliphatic hydroxyl groups is 1. The second-order valence-corrected chi connectivity index (χ2v) is 4.91. The van der Waals surface area contributed by atoms with Crippen LogP contribution in [-0.2, 0) is 4.74 Å². The van der Waals surface area contributed by atoms with Gasteiger partial charge in [0.2, 0.25) is 0 Å². The molecular formula is C13H18N2O4. The lowest BCUT2D eigenvalue weighted by Gasteiger charge is -2.32. The summed E-state index contributed by atoms with van der Waals surface area (Å²) in [5, 5.41) is 12.8. The molecule has 1 amide bonds. The highest BCUT2D eigenvalue weighted by atomic mass is 16.5. The number of carbonyl (C=O) groups is 1. The number of hydrogen-bond donors (Lipinski definition) is 3. The molecule has 19 heavy (non-hydrogen) atoms. The number of aryl methyl sites for hydroxylation is 1. The number of ether oxygens (including phenoxy) is 1. The van der Waals surface area contributed by atoms with E-state index in [0.717, 1.165) is 0 Å². The molecule has 3 N–H and O–H groups in total. The van der Waals surface area contributed by atoms with Crippen LogP contribution in [0.25, 0.3) is 0 Å². The van der Waals surface area contributed by atoms with Gasteiger partial charge in [0.15, 0.2) is 5.43 Å². The summed E-state index contributed by atoms with van der Waals surface area (Å²) in [4.78, 5) is 26.4. The van der Waals surface area contributed by atoms with E-state index in [1.54, 1.807) is 6.92 Å². The zero-order valence-corrected chi connectivity index (χ0v) is 10.9. The number of amides is 1. The highest BCUT2D eigenvalue weighted by Gasteiger charge is 2.30. The van der Waals surface area contributed by atoms with E-state index in [1.165, 1.54) is 12.3 Å². The summed E-state index contributed by atoms with van der Waals surface area (Å²) in [6.07, 6.45) is 2.36. The first-order valence-corrected chi connectivity index (χ1v) is 6.28. The Bertz CT molecular complexity index is 518. The topological polar surface area (TPSA) is 91.4 Å². The average molecular weight is 266 g/mol. The maximum Gasteiger partial charge on any atom is 0.256 e. The fourth-order valence-electron chi connectivity index (χ4n) is 2.02. The molecule has 0 spiro atoms. The standard InChI is InChI=1S/C13H18N2O4/c1-9-6-11(16)10(7-14-9)12(17)15-8-13(18)2-4-19-5-3-13/h6-7,18H,2-5,8H2,1H3,(H,14,16)(H,15,17). The summed E-state index contributed by atoms with van der Waals surface area (Å²) >= 11 is 0. The number of aromatic nitrogens is 1. The van der Waals surface area contributed by atoms with Crippen molar-refractivity contribution in [3.63, 3.8) is 0 Å². The van der Waals surface area contributed by atoms with Gasteiger partial charge in [0, 0.05) is 50.6 Å². The highest BCUT2D eigenvalue weighted by Crippen LogP contribution is 2.19. The molecule has 0 aliphatic carbocycles. The lowest BCUT2D eigenvalue weighted by atomic mass is 9.94. The van der Waals surface area contributed by atoms with Gasteiger partial charge in [-0.05, 0) is 6.92 Å². The van der Waals surface area contributed by atoms with E-state index < -0.39 is 11.5 Å². The zero-order valence-electron chi connectivity index (χ0n) is 10.9. The van der Waals surface area contributed by atoms with Crippen LogP contribution in [0.5, 0.6) is 0 Å². The first kappa shape index (κ1) is 13.8. The van der Waals surface area contributed by atoms with Gasteiger partial charge in [-0.25, -0.2) is 0 Å². The van der Waals surface area contributed by atoms with Crippen LogP contribution in [0.2, 0.25) is 0 Å². The van der Waals surface area contributed by atoms with Gasteiger partial charge < -0.3 is 20.1 Å². The summed E-state index contributed by atoms with van der Waals surface area (Å²) in [5.74, 6) is -0.471. The number of pyridine rings is 1. The lowest BCUT2D eigenvalue weighted by Crippen LogP contribution is -2.47. The Kier molecular flexibility index (Phi) is 4.01. The Morgan fingerprint density at radius 2 is 2.21 bits per heavy atom. The van der Waals surface area contributed by atoms with E-state index in [1.807, 2.05) is 0 Å². The third-order valence-electron chi connectivity index (χ3n) is 3.30. The number of hydrogen-bond acceptors (Lipinski definition) is 4. The molecule has 1 aromatic heterocycles. The van der Waals surface area contributed by atoms with Crippen molar-refractivity contribution in [1.82, 2.24) is 10.3 Å². The molecule has 1 saturated heterocycles. The minimum absolute atomic E-state index is 0.0567. The molecular weight excluding hydrogens is 248 g/mol. The predicted molar refractivity (Wildman–Crippen MR) is 69.1 cm³/mol. The molecule has 0 unspecified atom stereocenters. The second kappa shape index (κ2) is 5.54. The Labute approximate surface area is 110 Å². The van der Waals surface area contributed by atoms with Crippen molar-refractivity contribution >= 4 is 5.91 Å². The minimum atomic E-state index is -0.939. The van der Waals surface area contributed by atoms with Gasteiger partial charge in [-0.2, -0.15) is 0 Å². The van der Waals surface area contributed by atoms with Crippen molar-refractivity contribution in [3.05, 3.63) is 33.7 Å². The number of H-pyrrole nitrogens is 1. The normalized spacial score (nSPS) is 18.0. The van der Waals surface area contributed by atoms with Crippen molar-refractivity contribution in [1.29, 1.82) is 0 Å². The summed E-state index contributed by atoms with van der Waals surface area (Å²) in [6, 6.07) is 1.37. The molecule has 0 atom stereocenters. The van der Waals surface area contributed by atoms with Crippen molar-refractivity contribution in [2.75, 3.05) is 19.8 Å². The Morgan fingerprint density at radius 3 is 2.84 bits per heavy atom. The van der Waals surface area contributed by atoms with Gasteiger partial charge in [0.1, 0.15) is 5.56 Å². The molecule has 0 radical (unpaired) electrons.